The topological polar surface area (TPSA) is 54.7 Å². The van der Waals surface area contributed by atoms with E-state index in [1.54, 1.807) is 4.90 Å². The molecule has 2 heterocycles. The van der Waals surface area contributed by atoms with Crippen molar-refractivity contribution in [2.75, 3.05) is 6.54 Å². The van der Waals surface area contributed by atoms with E-state index in [1.165, 1.54) is 11.3 Å². The first-order valence-electron chi connectivity index (χ1n) is 11.6. The number of carbonyl (C=O) groups is 1. The fourth-order valence-corrected chi connectivity index (χ4v) is 4.10. The van der Waals surface area contributed by atoms with E-state index in [9.17, 15) is 9.90 Å². The van der Waals surface area contributed by atoms with Gasteiger partial charge >= 0.3 is 6.09 Å². The zero-order valence-corrected chi connectivity index (χ0v) is 20.6. The van der Waals surface area contributed by atoms with Crippen LogP contribution in [0.25, 0.3) is 5.69 Å². The molecule has 0 bridgehead atoms. The van der Waals surface area contributed by atoms with E-state index in [4.69, 9.17) is 4.74 Å². The number of rotatable bonds is 4. The Morgan fingerprint density at radius 3 is 2.26 bits per heavy atom. The number of benzene rings is 1. The molecule has 1 aliphatic heterocycles. The molecule has 0 fully saturated rings. The molecule has 0 atom stereocenters. The highest BCUT2D eigenvalue weighted by atomic mass is 16.6. The third-order valence-electron chi connectivity index (χ3n) is 5.53. The maximum absolute atomic E-state index is 12.6. The summed E-state index contributed by atoms with van der Waals surface area (Å²) in [6.45, 7) is 17.2. The number of carbonyl (C=O) groups excluding carboxylic acids is 1. The third-order valence-corrected chi connectivity index (χ3v) is 5.53. The van der Waals surface area contributed by atoms with Crippen molar-refractivity contribution in [3.8, 4) is 5.69 Å². The second kappa shape index (κ2) is 10.4. The molecule has 1 aromatic heterocycles. The van der Waals surface area contributed by atoms with Crippen LogP contribution >= 0.6 is 0 Å². The number of nitrogens with zero attached hydrogens (tertiary/aromatic N) is 2. The number of aliphatic hydroxyl groups excluding tert-OH is 1. The van der Waals surface area contributed by atoms with E-state index in [2.05, 4.69) is 49.6 Å². The highest BCUT2D eigenvalue weighted by molar-refractivity contribution is 5.69. The summed E-state index contributed by atoms with van der Waals surface area (Å²) < 4.78 is 7.86. The Balaban J connectivity index is 0.00000166. The molecule has 5 nitrogen and oxygen atoms in total. The average molecular weight is 429 g/mol. The number of aromatic nitrogens is 1. The summed E-state index contributed by atoms with van der Waals surface area (Å²) in [6, 6.07) is 8.69. The van der Waals surface area contributed by atoms with E-state index in [0.29, 0.717) is 19.0 Å². The van der Waals surface area contributed by atoms with Crippen molar-refractivity contribution in [1.82, 2.24) is 9.47 Å². The summed E-state index contributed by atoms with van der Waals surface area (Å²) in [5.74, 6) is 0.490. The molecular weight excluding hydrogens is 388 g/mol. The predicted octanol–water partition coefficient (Wildman–Crippen LogP) is 5.97. The zero-order chi connectivity index (χ0) is 23.3. The summed E-state index contributed by atoms with van der Waals surface area (Å²) in [5, 5.41) is 10.1. The summed E-state index contributed by atoms with van der Waals surface area (Å²) >= 11 is 0. The van der Waals surface area contributed by atoms with Gasteiger partial charge in [-0.2, -0.15) is 0 Å². The van der Waals surface area contributed by atoms with E-state index in [-0.39, 0.29) is 12.7 Å². The number of hydrogen-bond acceptors (Lipinski definition) is 3. The lowest BCUT2D eigenvalue weighted by atomic mass is 10.0. The van der Waals surface area contributed by atoms with Gasteiger partial charge in [-0.1, -0.05) is 46.8 Å². The molecule has 2 aromatic rings. The molecule has 0 radical (unpaired) electrons. The average Bonchev–Trinajstić information content (AvgIpc) is 3.06. The van der Waals surface area contributed by atoms with Crippen LogP contribution in [-0.4, -0.2) is 32.8 Å². The smallest absolute Gasteiger partial charge is 0.410 e. The van der Waals surface area contributed by atoms with E-state index < -0.39 is 5.60 Å². The molecule has 31 heavy (non-hydrogen) atoms. The molecule has 5 heteroatoms. The zero-order valence-electron chi connectivity index (χ0n) is 20.6. The van der Waals surface area contributed by atoms with Crippen LogP contribution in [0.1, 0.15) is 89.4 Å². The van der Waals surface area contributed by atoms with Crippen molar-refractivity contribution >= 4 is 6.09 Å². The van der Waals surface area contributed by atoms with Gasteiger partial charge < -0.3 is 19.3 Å². The Kier molecular flexibility index (Phi) is 8.35. The highest BCUT2D eigenvalue weighted by Crippen LogP contribution is 2.33. The van der Waals surface area contributed by atoms with Crippen LogP contribution in [0, 0.1) is 0 Å². The van der Waals surface area contributed by atoms with Crippen molar-refractivity contribution in [1.29, 1.82) is 0 Å². The number of aliphatic hydroxyl groups is 1. The first kappa shape index (κ1) is 25.0. The maximum Gasteiger partial charge on any atom is 0.410 e. The monoisotopic (exact) mass is 428 g/mol. The van der Waals surface area contributed by atoms with Gasteiger partial charge in [0.15, 0.2) is 0 Å². The molecule has 1 amide bonds. The molecule has 1 aliphatic rings. The van der Waals surface area contributed by atoms with Crippen molar-refractivity contribution < 1.29 is 14.6 Å². The van der Waals surface area contributed by atoms with Gasteiger partial charge in [0.2, 0.25) is 0 Å². The van der Waals surface area contributed by atoms with Crippen LogP contribution < -0.4 is 0 Å². The van der Waals surface area contributed by atoms with Crippen LogP contribution in [0.2, 0.25) is 0 Å². The minimum absolute atomic E-state index is 0.0231. The molecule has 0 saturated carbocycles. The molecular formula is C26H40N2O3. The third kappa shape index (κ3) is 5.51. The number of hydrogen-bond donors (Lipinski definition) is 1. The van der Waals surface area contributed by atoms with Crippen LogP contribution in [0.5, 0.6) is 0 Å². The largest absolute Gasteiger partial charge is 0.444 e. The first-order valence-corrected chi connectivity index (χ1v) is 11.6. The van der Waals surface area contributed by atoms with Gasteiger partial charge in [-0.3, -0.25) is 0 Å². The molecule has 0 unspecified atom stereocenters. The van der Waals surface area contributed by atoms with Crippen molar-refractivity contribution in [2.45, 2.75) is 92.9 Å². The Hall–Kier alpha value is -2.27. The van der Waals surface area contributed by atoms with Gasteiger partial charge in [0, 0.05) is 35.6 Å². The molecule has 3 rings (SSSR count). The summed E-state index contributed by atoms with van der Waals surface area (Å²) in [4.78, 5) is 14.3. The SMILES string of the molecule is CC.CCc1c(CO)c2c(n1-c1ccc(C(C)C)cc1)CCN(C(=O)OC(C)(C)C)C2. The van der Waals surface area contributed by atoms with Crippen molar-refractivity contribution in [2.24, 2.45) is 0 Å². The Morgan fingerprint density at radius 2 is 1.77 bits per heavy atom. The lowest BCUT2D eigenvalue weighted by molar-refractivity contribution is 0.0222. The molecule has 0 spiro atoms. The van der Waals surface area contributed by atoms with Gasteiger partial charge in [0.1, 0.15) is 5.60 Å². The van der Waals surface area contributed by atoms with Crippen LogP contribution in [-0.2, 0) is 30.7 Å². The van der Waals surface area contributed by atoms with E-state index in [0.717, 1.165) is 35.3 Å². The van der Waals surface area contributed by atoms with Gasteiger partial charge in [-0.05, 0) is 56.4 Å². The molecule has 0 aliphatic carbocycles. The summed E-state index contributed by atoms with van der Waals surface area (Å²) in [5.41, 5.74) is 6.25. The van der Waals surface area contributed by atoms with E-state index in [1.807, 2.05) is 34.6 Å². The Labute approximate surface area is 188 Å². The highest BCUT2D eigenvalue weighted by Gasteiger charge is 2.31. The van der Waals surface area contributed by atoms with Crippen LogP contribution in [0.4, 0.5) is 4.79 Å². The fraction of sp³-hybridized carbons (Fsp3) is 0.577. The first-order chi connectivity index (χ1) is 14.7. The summed E-state index contributed by atoms with van der Waals surface area (Å²) in [6.07, 6.45) is 1.27. The number of ether oxygens (including phenoxy) is 1. The van der Waals surface area contributed by atoms with Gasteiger partial charge in [-0.15, -0.1) is 0 Å². The molecule has 0 saturated heterocycles. The van der Waals surface area contributed by atoms with Crippen LogP contribution in [0.3, 0.4) is 0 Å². The molecule has 172 valence electrons. The van der Waals surface area contributed by atoms with Gasteiger partial charge in [-0.25, -0.2) is 4.79 Å². The quantitative estimate of drug-likeness (QED) is 0.652. The molecule has 1 aromatic carbocycles. The minimum Gasteiger partial charge on any atom is -0.444 e. The minimum atomic E-state index is -0.518. The van der Waals surface area contributed by atoms with Gasteiger partial charge in [0.05, 0.1) is 13.2 Å². The second-order valence-electron chi connectivity index (χ2n) is 9.10. The number of fused-ring (bicyclic) bond motifs is 1. The van der Waals surface area contributed by atoms with Gasteiger partial charge in [0.25, 0.3) is 0 Å². The normalized spacial score (nSPS) is 13.5. The lowest BCUT2D eigenvalue weighted by Crippen LogP contribution is -2.40. The molecule has 1 N–H and O–H groups in total. The fourth-order valence-electron chi connectivity index (χ4n) is 4.10. The Bertz CT molecular complexity index is 874. The van der Waals surface area contributed by atoms with E-state index >= 15 is 0 Å². The second-order valence-corrected chi connectivity index (χ2v) is 9.10. The number of amides is 1. The predicted molar refractivity (Wildman–Crippen MR) is 127 cm³/mol. The maximum atomic E-state index is 12.6. The van der Waals surface area contributed by atoms with Crippen LogP contribution in [0.15, 0.2) is 24.3 Å². The standard InChI is InChI=1S/C24H34N2O3.C2H6/c1-7-21-20(15-27)19-14-25(23(28)29-24(4,5)6)13-12-22(19)26(21)18-10-8-17(9-11-18)16(2)3;1-2/h8-11,16,27H,7,12-15H2,1-6H3;1-2H3. The van der Waals surface area contributed by atoms with Crippen molar-refractivity contribution in [3.05, 3.63) is 52.3 Å². The summed E-state index contributed by atoms with van der Waals surface area (Å²) in [7, 11) is 0. The lowest BCUT2D eigenvalue weighted by Gasteiger charge is -2.31. The van der Waals surface area contributed by atoms with Crippen molar-refractivity contribution in [3.63, 3.8) is 0 Å². The Morgan fingerprint density at radius 1 is 1.16 bits per heavy atom.